The Bertz CT molecular complexity index is 1490. The van der Waals surface area contributed by atoms with Gasteiger partial charge in [0.25, 0.3) is 11.7 Å². The molecule has 11 heteroatoms. The minimum Gasteiger partial charge on any atom is -0.507 e. The van der Waals surface area contributed by atoms with E-state index in [1.807, 2.05) is 6.07 Å². The van der Waals surface area contributed by atoms with Crippen LogP contribution in [0.15, 0.2) is 66.2 Å². The molecule has 1 aliphatic heterocycles. The lowest BCUT2D eigenvalue weighted by Gasteiger charge is -2.25. The second kappa shape index (κ2) is 9.19. The lowest BCUT2D eigenvalue weighted by molar-refractivity contribution is -0.385. The third-order valence-electron chi connectivity index (χ3n) is 5.65. The van der Waals surface area contributed by atoms with Crippen molar-refractivity contribution in [3.63, 3.8) is 0 Å². The van der Waals surface area contributed by atoms with Gasteiger partial charge >= 0.3 is 5.69 Å². The first-order valence-electron chi connectivity index (χ1n) is 10.3. The zero-order valence-corrected chi connectivity index (χ0v) is 18.5. The molecule has 0 bridgehead atoms. The van der Waals surface area contributed by atoms with E-state index in [0.717, 1.165) is 29.2 Å². The third-order valence-corrected chi connectivity index (χ3v) is 5.65. The van der Waals surface area contributed by atoms with Gasteiger partial charge in [0.1, 0.15) is 17.3 Å². The molecular weight excluding hydrogens is 473 g/mol. The van der Waals surface area contributed by atoms with E-state index in [4.69, 9.17) is 10.00 Å². The third kappa shape index (κ3) is 3.97. The number of nitriles is 1. The molecule has 0 saturated carbocycles. The standard InChI is InChI=1S/C25H16FN3O7/c1-36-20-9-5-15(26)11-17(20)23(31)21-22(14-4-8-19(30)18(10-14)29(34)35)28(25(33)24(21)32)16-6-2-13(12-27)3-7-16/h2-11,22,30-31H,1H3/b23-21+. The number of ether oxygens (including phenoxy) is 1. The van der Waals surface area contributed by atoms with Crippen molar-refractivity contribution in [2.75, 3.05) is 12.0 Å². The Labute approximate surface area is 202 Å². The van der Waals surface area contributed by atoms with Gasteiger partial charge in [-0.2, -0.15) is 5.26 Å². The molecule has 1 aliphatic rings. The van der Waals surface area contributed by atoms with Gasteiger partial charge in [0.15, 0.2) is 5.75 Å². The van der Waals surface area contributed by atoms with Crippen LogP contribution in [0.25, 0.3) is 5.76 Å². The number of methoxy groups -OCH3 is 1. The maximum absolute atomic E-state index is 14.0. The number of carbonyl (C=O) groups is 2. The van der Waals surface area contributed by atoms with Gasteiger partial charge in [-0.15, -0.1) is 0 Å². The number of aromatic hydroxyl groups is 1. The van der Waals surface area contributed by atoms with Crippen LogP contribution in [0, 0.1) is 27.3 Å². The number of carbonyl (C=O) groups excluding carboxylic acids is 2. The summed E-state index contributed by atoms with van der Waals surface area (Å²) in [4.78, 5) is 38.0. The number of rotatable bonds is 5. The maximum Gasteiger partial charge on any atom is 0.311 e. The van der Waals surface area contributed by atoms with Crippen LogP contribution in [-0.2, 0) is 9.59 Å². The van der Waals surface area contributed by atoms with Crippen LogP contribution in [0.2, 0.25) is 0 Å². The molecule has 2 N–H and O–H groups in total. The van der Waals surface area contributed by atoms with Crippen molar-refractivity contribution in [3.05, 3.63) is 98.9 Å². The number of phenolic OH excluding ortho intramolecular Hbond substituents is 1. The van der Waals surface area contributed by atoms with E-state index in [9.17, 15) is 34.3 Å². The quantitative estimate of drug-likeness (QED) is 0.180. The van der Waals surface area contributed by atoms with Gasteiger partial charge in [-0.05, 0) is 54.1 Å². The van der Waals surface area contributed by atoms with E-state index in [2.05, 4.69) is 0 Å². The fraction of sp³-hybridized carbons (Fsp3) is 0.0800. The lowest BCUT2D eigenvalue weighted by Crippen LogP contribution is -2.29. The fourth-order valence-electron chi connectivity index (χ4n) is 3.98. The molecule has 10 nitrogen and oxygen atoms in total. The van der Waals surface area contributed by atoms with Crippen LogP contribution >= 0.6 is 0 Å². The second-order valence-corrected chi connectivity index (χ2v) is 7.68. The number of phenols is 1. The molecular formula is C25H16FN3O7. The summed E-state index contributed by atoms with van der Waals surface area (Å²) in [5.41, 5.74) is -0.943. The van der Waals surface area contributed by atoms with Crippen molar-refractivity contribution in [2.45, 2.75) is 6.04 Å². The second-order valence-electron chi connectivity index (χ2n) is 7.68. The predicted octanol–water partition coefficient (Wildman–Crippen LogP) is 3.95. The largest absolute Gasteiger partial charge is 0.507 e. The zero-order valence-electron chi connectivity index (χ0n) is 18.5. The monoisotopic (exact) mass is 489 g/mol. The highest BCUT2D eigenvalue weighted by atomic mass is 19.1. The molecule has 0 aliphatic carbocycles. The lowest BCUT2D eigenvalue weighted by atomic mass is 9.94. The number of nitrogens with zero attached hydrogens (tertiary/aromatic N) is 3. The van der Waals surface area contributed by atoms with E-state index < -0.39 is 51.2 Å². The molecule has 0 aromatic heterocycles. The number of aliphatic hydroxyl groups excluding tert-OH is 1. The number of nitro benzene ring substituents is 1. The molecule has 1 unspecified atom stereocenters. The fourth-order valence-corrected chi connectivity index (χ4v) is 3.98. The molecule has 0 spiro atoms. The Balaban J connectivity index is 2.02. The average Bonchev–Trinajstić information content (AvgIpc) is 3.14. The summed E-state index contributed by atoms with van der Waals surface area (Å²) in [6.07, 6.45) is 0. The van der Waals surface area contributed by atoms with Crippen molar-refractivity contribution in [3.8, 4) is 17.6 Å². The number of benzene rings is 3. The zero-order chi connectivity index (χ0) is 26.1. The number of halogens is 1. The van der Waals surface area contributed by atoms with Gasteiger partial charge < -0.3 is 14.9 Å². The highest BCUT2D eigenvalue weighted by molar-refractivity contribution is 6.51. The van der Waals surface area contributed by atoms with E-state index in [1.54, 1.807) is 0 Å². The topological polar surface area (TPSA) is 154 Å². The normalized spacial score (nSPS) is 16.6. The number of Topliss-reactive ketones (excluding diaryl/α,β-unsaturated/α-hetero) is 1. The first kappa shape index (κ1) is 23.9. The van der Waals surface area contributed by atoms with E-state index >= 15 is 0 Å². The smallest absolute Gasteiger partial charge is 0.311 e. The number of amides is 1. The Kier molecular flexibility index (Phi) is 6.10. The van der Waals surface area contributed by atoms with Crippen LogP contribution in [0.4, 0.5) is 15.8 Å². The van der Waals surface area contributed by atoms with E-state index in [0.29, 0.717) is 0 Å². The van der Waals surface area contributed by atoms with Gasteiger partial charge in [0, 0.05) is 11.8 Å². The van der Waals surface area contributed by atoms with Crippen molar-refractivity contribution >= 4 is 28.8 Å². The molecule has 1 heterocycles. The Hall–Kier alpha value is -5.24. The summed E-state index contributed by atoms with van der Waals surface area (Å²) in [6.45, 7) is 0. The molecule has 180 valence electrons. The van der Waals surface area contributed by atoms with Gasteiger partial charge in [0.05, 0.1) is 40.8 Å². The molecule has 3 aromatic rings. The number of aliphatic hydroxyl groups is 1. The number of nitro groups is 1. The highest BCUT2D eigenvalue weighted by Crippen LogP contribution is 2.44. The first-order chi connectivity index (χ1) is 17.2. The first-order valence-corrected chi connectivity index (χ1v) is 10.3. The Morgan fingerprint density at radius 3 is 2.44 bits per heavy atom. The molecule has 1 amide bonds. The minimum atomic E-state index is -1.40. The van der Waals surface area contributed by atoms with Gasteiger partial charge in [-0.3, -0.25) is 24.6 Å². The summed E-state index contributed by atoms with van der Waals surface area (Å²) in [7, 11) is 1.26. The van der Waals surface area contributed by atoms with Crippen LogP contribution in [0.3, 0.4) is 0 Å². The Morgan fingerprint density at radius 2 is 1.83 bits per heavy atom. The van der Waals surface area contributed by atoms with E-state index in [-0.39, 0.29) is 28.1 Å². The number of anilines is 1. The predicted molar refractivity (Wildman–Crippen MR) is 124 cm³/mol. The van der Waals surface area contributed by atoms with E-state index in [1.165, 1.54) is 43.5 Å². The van der Waals surface area contributed by atoms with Crippen molar-refractivity contribution in [1.29, 1.82) is 5.26 Å². The highest BCUT2D eigenvalue weighted by Gasteiger charge is 2.47. The SMILES string of the molecule is COc1ccc(F)cc1/C(O)=C1\C(=O)C(=O)N(c2ccc(C#N)cc2)C1c1ccc(O)c([N+](=O)[O-])c1. The summed E-state index contributed by atoms with van der Waals surface area (Å²) >= 11 is 0. The summed E-state index contributed by atoms with van der Waals surface area (Å²) in [5.74, 6) is -4.36. The van der Waals surface area contributed by atoms with Gasteiger partial charge in [-0.1, -0.05) is 6.07 Å². The molecule has 36 heavy (non-hydrogen) atoms. The molecule has 0 radical (unpaired) electrons. The molecule has 3 aromatic carbocycles. The number of hydrogen-bond acceptors (Lipinski definition) is 8. The van der Waals surface area contributed by atoms with Crippen molar-refractivity contribution < 1.29 is 33.9 Å². The molecule has 4 rings (SSSR count). The number of ketones is 1. The molecule has 1 fully saturated rings. The minimum absolute atomic E-state index is 0.00825. The molecule has 1 atom stereocenters. The summed E-state index contributed by atoms with van der Waals surface area (Å²) < 4.78 is 19.2. The summed E-state index contributed by atoms with van der Waals surface area (Å²) in [5, 5.41) is 41.6. The van der Waals surface area contributed by atoms with Crippen LogP contribution in [0.5, 0.6) is 11.5 Å². The van der Waals surface area contributed by atoms with Gasteiger partial charge in [-0.25, -0.2) is 4.39 Å². The molecule has 1 saturated heterocycles. The van der Waals surface area contributed by atoms with Crippen LogP contribution in [-0.4, -0.2) is 33.9 Å². The van der Waals surface area contributed by atoms with Gasteiger partial charge in [0.2, 0.25) is 0 Å². The number of hydrogen-bond donors (Lipinski definition) is 2. The van der Waals surface area contributed by atoms with Crippen LogP contribution in [0.1, 0.15) is 22.7 Å². The maximum atomic E-state index is 14.0. The van der Waals surface area contributed by atoms with Crippen molar-refractivity contribution in [1.82, 2.24) is 0 Å². The average molecular weight is 489 g/mol. The van der Waals surface area contributed by atoms with Crippen molar-refractivity contribution in [2.24, 2.45) is 0 Å². The van der Waals surface area contributed by atoms with Crippen LogP contribution < -0.4 is 9.64 Å². The Morgan fingerprint density at radius 1 is 1.14 bits per heavy atom. The summed E-state index contributed by atoms with van der Waals surface area (Å²) in [6, 6.07) is 12.6.